The molecular weight excluding hydrogens is 230 g/mol. The van der Waals surface area contributed by atoms with Gasteiger partial charge in [0.25, 0.3) is 0 Å². The second-order valence-electron chi connectivity index (χ2n) is 4.40. The van der Waals surface area contributed by atoms with Crippen molar-refractivity contribution in [1.29, 1.82) is 0 Å². The number of aliphatic hydroxyl groups excluding tert-OH is 1. The molecule has 0 bridgehead atoms. The number of halogens is 1. The highest BCUT2D eigenvalue weighted by molar-refractivity contribution is 7.16. The summed E-state index contributed by atoms with van der Waals surface area (Å²) < 4.78 is 0.835. The first-order valence-corrected chi connectivity index (χ1v) is 6.44. The zero-order valence-electron chi connectivity index (χ0n) is 8.79. The molecule has 2 nitrogen and oxygen atoms in total. The molecule has 1 aromatic rings. The maximum atomic E-state index is 9.19. The van der Waals surface area contributed by atoms with Crippen molar-refractivity contribution in [3.05, 3.63) is 21.3 Å². The lowest BCUT2D eigenvalue weighted by molar-refractivity contribution is 0.205. The highest BCUT2D eigenvalue weighted by Crippen LogP contribution is 2.44. The number of nitrogens with one attached hydrogen (secondary N) is 1. The Morgan fingerprint density at radius 2 is 2.33 bits per heavy atom. The van der Waals surface area contributed by atoms with Crippen LogP contribution in [-0.4, -0.2) is 18.3 Å². The quantitative estimate of drug-likeness (QED) is 0.836. The van der Waals surface area contributed by atoms with Crippen molar-refractivity contribution in [3.63, 3.8) is 0 Å². The molecule has 0 saturated heterocycles. The van der Waals surface area contributed by atoms with Crippen LogP contribution in [0.1, 0.15) is 30.7 Å². The van der Waals surface area contributed by atoms with Crippen LogP contribution < -0.4 is 5.32 Å². The minimum Gasteiger partial charge on any atom is -0.396 e. The van der Waals surface area contributed by atoms with Gasteiger partial charge in [-0.2, -0.15) is 0 Å². The molecule has 0 amide bonds. The van der Waals surface area contributed by atoms with Gasteiger partial charge in [0.05, 0.1) is 4.34 Å². The number of thiophene rings is 1. The lowest BCUT2D eigenvalue weighted by Gasteiger charge is -2.17. The SMILES string of the molecule is CC(NCC1(CO)CC1)c1ccc(Cl)s1. The fourth-order valence-electron chi connectivity index (χ4n) is 1.60. The second-order valence-corrected chi connectivity index (χ2v) is 6.15. The summed E-state index contributed by atoms with van der Waals surface area (Å²) in [6.07, 6.45) is 2.29. The van der Waals surface area contributed by atoms with Gasteiger partial charge in [0.15, 0.2) is 0 Å². The van der Waals surface area contributed by atoms with Gasteiger partial charge >= 0.3 is 0 Å². The van der Waals surface area contributed by atoms with E-state index in [1.54, 1.807) is 11.3 Å². The first-order chi connectivity index (χ1) is 7.15. The van der Waals surface area contributed by atoms with Crippen LogP contribution in [0.2, 0.25) is 4.34 Å². The van der Waals surface area contributed by atoms with E-state index in [0.29, 0.717) is 12.6 Å². The van der Waals surface area contributed by atoms with Gasteiger partial charge < -0.3 is 10.4 Å². The Bertz CT molecular complexity index is 335. The van der Waals surface area contributed by atoms with Gasteiger partial charge in [0, 0.05) is 29.5 Å². The summed E-state index contributed by atoms with van der Waals surface area (Å²) in [6, 6.07) is 4.31. The van der Waals surface area contributed by atoms with Crippen molar-refractivity contribution in [2.45, 2.75) is 25.8 Å². The fraction of sp³-hybridized carbons (Fsp3) is 0.636. The van der Waals surface area contributed by atoms with Crippen LogP contribution in [-0.2, 0) is 0 Å². The molecule has 0 aromatic carbocycles. The number of rotatable bonds is 5. The van der Waals surface area contributed by atoms with Crippen molar-refractivity contribution in [2.75, 3.05) is 13.2 Å². The first kappa shape index (κ1) is 11.4. The lowest BCUT2D eigenvalue weighted by Crippen LogP contribution is -2.28. The summed E-state index contributed by atoms with van der Waals surface area (Å²) in [7, 11) is 0. The zero-order chi connectivity index (χ0) is 10.9. The van der Waals surface area contributed by atoms with Gasteiger partial charge in [-0.05, 0) is 31.9 Å². The Kier molecular flexibility index (Phi) is 3.36. The molecule has 0 aliphatic heterocycles. The average molecular weight is 246 g/mol. The van der Waals surface area contributed by atoms with Crippen LogP contribution in [0, 0.1) is 5.41 Å². The van der Waals surface area contributed by atoms with Gasteiger partial charge in [0.2, 0.25) is 0 Å². The Hall–Kier alpha value is -0.0900. The summed E-state index contributed by atoms with van der Waals surface area (Å²) in [4.78, 5) is 1.26. The van der Waals surface area contributed by atoms with E-state index in [0.717, 1.165) is 23.7 Å². The Morgan fingerprint density at radius 3 is 2.80 bits per heavy atom. The highest BCUT2D eigenvalue weighted by atomic mass is 35.5. The van der Waals surface area contributed by atoms with Crippen LogP contribution in [0.15, 0.2) is 12.1 Å². The van der Waals surface area contributed by atoms with Gasteiger partial charge in [-0.25, -0.2) is 0 Å². The number of hydrogen-bond donors (Lipinski definition) is 2. The van der Waals surface area contributed by atoms with E-state index in [4.69, 9.17) is 11.6 Å². The molecule has 1 aliphatic rings. The molecule has 4 heteroatoms. The molecule has 1 fully saturated rings. The molecular formula is C11H16ClNOS. The summed E-state index contributed by atoms with van der Waals surface area (Å²) in [5.41, 5.74) is 0.176. The Labute approximate surface area is 99.3 Å². The number of aliphatic hydroxyl groups is 1. The van der Waals surface area contributed by atoms with Crippen molar-refractivity contribution >= 4 is 22.9 Å². The van der Waals surface area contributed by atoms with E-state index >= 15 is 0 Å². The first-order valence-electron chi connectivity index (χ1n) is 5.25. The second kappa shape index (κ2) is 4.42. The largest absolute Gasteiger partial charge is 0.396 e. The molecule has 0 spiro atoms. The predicted octanol–water partition coefficient (Wildman–Crippen LogP) is 2.82. The van der Waals surface area contributed by atoms with Crippen molar-refractivity contribution in [3.8, 4) is 0 Å². The topological polar surface area (TPSA) is 32.3 Å². The average Bonchev–Trinajstić information content (AvgIpc) is 2.90. The maximum Gasteiger partial charge on any atom is 0.0931 e. The third-order valence-electron chi connectivity index (χ3n) is 3.10. The van der Waals surface area contributed by atoms with Crippen molar-refractivity contribution in [1.82, 2.24) is 5.32 Å². The van der Waals surface area contributed by atoms with Gasteiger partial charge in [-0.1, -0.05) is 11.6 Å². The van der Waals surface area contributed by atoms with Crippen LogP contribution in [0.3, 0.4) is 0 Å². The molecule has 2 N–H and O–H groups in total. The van der Waals surface area contributed by atoms with Gasteiger partial charge in [0.1, 0.15) is 0 Å². The zero-order valence-corrected chi connectivity index (χ0v) is 10.4. The minimum absolute atomic E-state index is 0.176. The van der Waals surface area contributed by atoms with E-state index in [1.807, 2.05) is 6.07 Å². The van der Waals surface area contributed by atoms with Crippen LogP contribution in [0.5, 0.6) is 0 Å². The van der Waals surface area contributed by atoms with Gasteiger partial charge in [-0.3, -0.25) is 0 Å². The van der Waals surface area contributed by atoms with E-state index in [9.17, 15) is 5.11 Å². The molecule has 2 rings (SSSR count). The van der Waals surface area contributed by atoms with E-state index in [-0.39, 0.29) is 5.41 Å². The third kappa shape index (κ3) is 2.72. The molecule has 84 valence electrons. The van der Waals surface area contributed by atoms with Crippen LogP contribution in [0.25, 0.3) is 0 Å². The lowest BCUT2D eigenvalue weighted by atomic mass is 10.1. The standard InChI is InChI=1S/C11H16ClNOS/c1-8(9-2-3-10(12)15-9)13-6-11(7-14)4-5-11/h2-3,8,13-14H,4-7H2,1H3. The number of hydrogen-bond acceptors (Lipinski definition) is 3. The predicted molar refractivity (Wildman–Crippen MR) is 64.5 cm³/mol. The van der Waals surface area contributed by atoms with Crippen LogP contribution >= 0.6 is 22.9 Å². The molecule has 1 atom stereocenters. The molecule has 1 unspecified atom stereocenters. The highest BCUT2D eigenvalue weighted by Gasteiger charge is 2.41. The molecule has 1 aromatic heterocycles. The van der Waals surface area contributed by atoms with Crippen LogP contribution in [0.4, 0.5) is 0 Å². The van der Waals surface area contributed by atoms with E-state index in [2.05, 4.69) is 18.3 Å². The Morgan fingerprint density at radius 1 is 1.60 bits per heavy atom. The Balaban J connectivity index is 1.85. The monoisotopic (exact) mass is 245 g/mol. The molecule has 1 saturated carbocycles. The van der Waals surface area contributed by atoms with E-state index in [1.165, 1.54) is 4.88 Å². The van der Waals surface area contributed by atoms with E-state index < -0.39 is 0 Å². The third-order valence-corrected chi connectivity index (χ3v) is 4.51. The summed E-state index contributed by atoms with van der Waals surface area (Å²) in [6.45, 7) is 3.34. The smallest absolute Gasteiger partial charge is 0.0931 e. The summed E-state index contributed by atoms with van der Waals surface area (Å²) in [5, 5.41) is 12.6. The minimum atomic E-state index is 0.176. The molecule has 0 radical (unpaired) electrons. The van der Waals surface area contributed by atoms with Crippen molar-refractivity contribution < 1.29 is 5.11 Å². The maximum absolute atomic E-state index is 9.19. The summed E-state index contributed by atoms with van der Waals surface area (Å²) in [5.74, 6) is 0. The van der Waals surface area contributed by atoms with Gasteiger partial charge in [-0.15, -0.1) is 11.3 Å². The normalized spacial score (nSPS) is 20.2. The summed E-state index contributed by atoms with van der Waals surface area (Å²) >= 11 is 7.50. The molecule has 1 heterocycles. The molecule has 15 heavy (non-hydrogen) atoms. The van der Waals surface area contributed by atoms with Crippen molar-refractivity contribution in [2.24, 2.45) is 5.41 Å². The fourth-order valence-corrected chi connectivity index (χ4v) is 2.69. The molecule has 1 aliphatic carbocycles.